The zero-order valence-corrected chi connectivity index (χ0v) is 11.9. The molecule has 1 aromatic carbocycles. The normalized spacial score (nSPS) is 14.8. The van der Waals surface area contributed by atoms with Crippen LogP contribution in [0.2, 0.25) is 0 Å². The van der Waals surface area contributed by atoms with Crippen LogP contribution in [-0.4, -0.2) is 6.54 Å². The third kappa shape index (κ3) is 4.79. The van der Waals surface area contributed by atoms with Crippen LogP contribution in [0.5, 0.6) is 0 Å². The second-order valence-corrected chi connectivity index (χ2v) is 4.35. The Bertz CT molecular complexity index is 409. The first-order valence-corrected chi connectivity index (χ1v) is 6.98. The summed E-state index contributed by atoms with van der Waals surface area (Å²) in [5.41, 5.74) is 5.48. The van der Waals surface area contributed by atoms with Gasteiger partial charge < -0.3 is 5.32 Å². The molecule has 1 fully saturated rings. The Morgan fingerprint density at radius 3 is 2.33 bits per heavy atom. The minimum absolute atomic E-state index is 1.01. The van der Waals surface area contributed by atoms with Gasteiger partial charge in [-0.05, 0) is 30.9 Å². The number of benzene rings is 1. The van der Waals surface area contributed by atoms with Crippen LogP contribution in [0.25, 0.3) is 6.08 Å². The van der Waals surface area contributed by atoms with Gasteiger partial charge in [-0.1, -0.05) is 62.8 Å². The molecule has 0 radical (unpaired) electrons. The number of rotatable bonds is 1. The SMILES string of the molecule is C=C1CC1.CC.CCC1=Cc2ccccc2NC1. The molecule has 0 amide bonds. The van der Waals surface area contributed by atoms with E-state index in [0.717, 1.165) is 13.0 Å². The minimum Gasteiger partial charge on any atom is -0.381 e. The first-order chi connectivity index (χ1) is 8.79. The second kappa shape index (κ2) is 7.75. The van der Waals surface area contributed by atoms with Crippen molar-refractivity contribution in [3.05, 3.63) is 47.6 Å². The molecule has 1 saturated carbocycles. The monoisotopic (exact) mass is 243 g/mol. The molecular weight excluding hydrogens is 218 g/mol. The summed E-state index contributed by atoms with van der Waals surface area (Å²) in [5.74, 6) is 0. The average molecular weight is 243 g/mol. The van der Waals surface area contributed by atoms with Crippen molar-refractivity contribution < 1.29 is 0 Å². The number of fused-ring (bicyclic) bond motifs is 1. The van der Waals surface area contributed by atoms with Crippen molar-refractivity contribution in [3.63, 3.8) is 0 Å². The summed E-state index contributed by atoms with van der Waals surface area (Å²) in [5, 5.41) is 3.40. The predicted octanol–water partition coefficient (Wildman–Crippen LogP) is 5.27. The first kappa shape index (κ1) is 14.6. The van der Waals surface area contributed by atoms with E-state index in [0.29, 0.717) is 0 Å². The lowest BCUT2D eigenvalue weighted by atomic mass is 10.0. The van der Waals surface area contributed by atoms with E-state index in [1.165, 1.54) is 35.2 Å². The van der Waals surface area contributed by atoms with Gasteiger partial charge in [0, 0.05) is 12.2 Å². The van der Waals surface area contributed by atoms with Gasteiger partial charge in [0.05, 0.1) is 0 Å². The number of anilines is 1. The van der Waals surface area contributed by atoms with Crippen LogP contribution in [0.4, 0.5) is 5.69 Å². The van der Waals surface area contributed by atoms with E-state index in [1.54, 1.807) is 0 Å². The minimum atomic E-state index is 1.01. The highest BCUT2D eigenvalue weighted by Gasteiger charge is 2.06. The molecule has 1 nitrogen and oxygen atoms in total. The van der Waals surface area contributed by atoms with E-state index in [1.807, 2.05) is 13.8 Å². The van der Waals surface area contributed by atoms with Crippen molar-refractivity contribution in [1.82, 2.24) is 0 Å². The molecule has 1 heterocycles. The topological polar surface area (TPSA) is 12.0 Å². The van der Waals surface area contributed by atoms with E-state index in [-0.39, 0.29) is 0 Å². The van der Waals surface area contributed by atoms with Gasteiger partial charge >= 0.3 is 0 Å². The quantitative estimate of drug-likeness (QED) is 0.663. The van der Waals surface area contributed by atoms with Crippen molar-refractivity contribution in [1.29, 1.82) is 0 Å². The van der Waals surface area contributed by atoms with E-state index in [9.17, 15) is 0 Å². The van der Waals surface area contributed by atoms with Gasteiger partial charge in [-0.25, -0.2) is 0 Å². The van der Waals surface area contributed by atoms with Crippen molar-refractivity contribution in [3.8, 4) is 0 Å². The number of hydrogen-bond donors (Lipinski definition) is 1. The molecule has 3 rings (SSSR count). The molecule has 1 heteroatoms. The Kier molecular flexibility index (Phi) is 6.27. The summed E-state index contributed by atoms with van der Waals surface area (Å²) in [7, 11) is 0. The van der Waals surface area contributed by atoms with Gasteiger partial charge in [-0.3, -0.25) is 0 Å². The van der Waals surface area contributed by atoms with Crippen molar-refractivity contribution >= 4 is 11.8 Å². The van der Waals surface area contributed by atoms with Gasteiger partial charge in [0.2, 0.25) is 0 Å². The molecule has 0 unspecified atom stereocenters. The smallest absolute Gasteiger partial charge is 0.0416 e. The Morgan fingerprint density at radius 2 is 1.78 bits per heavy atom. The van der Waals surface area contributed by atoms with Crippen molar-refractivity contribution in [2.75, 3.05) is 11.9 Å². The molecular formula is C17H25N. The van der Waals surface area contributed by atoms with E-state index in [2.05, 4.69) is 49.2 Å². The maximum atomic E-state index is 3.67. The first-order valence-electron chi connectivity index (χ1n) is 6.98. The van der Waals surface area contributed by atoms with Crippen molar-refractivity contribution in [2.24, 2.45) is 0 Å². The summed E-state index contributed by atoms with van der Waals surface area (Å²) in [6.45, 7) is 10.9. The molecule has 0 atom stereocenters. The van der Waals surface area contributed by atoms with Crippen LogP contribution in [-0.2, 0) is 0 Å². The molecule has 1 aliphatic carbocycles. The highest BCUT2D eigenvalue weighted by Crippen LogP contribution is 2.24. The molecule has 1 aliphatic heterocycles. The zero-order valence-electron chi connectivity index (χ0n) is 11.9. The van der Waals surface area contributed by atoms with E-state index >= 15 is 0 Å². The van der Waals surface area contributed by atoms with Crippen LogP contribution in [0.1, 0.15) is 45.6 Å². The average Bonchev–Trinajstić information content (AvgIpc) is 3.23. The summed E-state index contributed by atoms with van der Waals surface area (Å²) in [6, 6.07) is 8.42. The molecule has 0 spiro atoms. The molecule has 2 aliphatic rings. The molecule has 98 valence electrons. The van der Waals surface area contributed by atoms with Gasteiger partial charge in [-0.2, -0.15) is 0 Å². The fourth-order valence-electron chi connectivity index (χ4n) is 1.58. The second-order valence-electron chi connectivity index (χ2n) is 4.35. The van der Waals surface area contributed by atoms with Crippen molar-refractivity contribution in [2.45, 2.75) is 40.0 Å². The Labute approximate surface area is 112 Å². The maximum absolute atomic E-state index is 3.67. The highest BCUT2D eigenvalue weighted by molar-refractivity contribution is 5.71. The molecule has 0 saturated heterocycles. The van der Waals surface area contributed by atoms with Gasteiger partial charge in [0.15, 0.2) is 0 Å². The lowest BCUT2D eigenvalue weighted by Crippen LogP contribution is -2.09. The van der Waals surface area contributed by atoms with Gasteiger partial charge in [-0.15, -0.1) is 0 Å². The fraction of sp³-hybridized carbons (Fsp3) is 0.412. The number of allylic oxidation sites excluding steroid dienone is 1. The standard InChI is InChI=1S/C11H13N.C4H6.C2H6/c1-2-9-7-10-5-3-4-6-11(10)12-8-9;1-4-2-3-4;1-2/h3-7,12H,2,8H2,1H3;1-3H2;1-2H3. The van der Waals surface area contributed by atoms with Crippen LogP contribution in [0.3, 0.4) is 0 Å². The molecule has 18 heavy (non-hydrogen) atoms. The van der Waals surface area contributed by atoms with Crippen LogP contribution in [0.15, 0.2) is 42.0 Å². The highest BCUT2D eigenvalue weighted by atomic mass is 14.9. The summed E-state index contributed by atoms with van der Waals surface area (Å²) >= 11 is 0. The Morgan fingerprint density at radius 1 is 1.17 bits per heavy atom. The summed E-state index contributed by atoms with van der Waals surface area (Å²) in [6.07, 6.45) is 6.01. The number of nitrogens with one attached hydrogen (secondary N) is 1. The maximum Gasteiger partial charge on any atom is 0.0416 e. The summed E-state index contributed by atoms with van der Waals surface area (Å²) < 4.78 is 0. The molecule has 1 N–H and O–H groups in total. The summed E-state index contributed by atoms with van der Waals surface area (Å²) in [4.78, 5) is 0. The number of para-hydroxylation sites is 1. The molecule has 1 aromatic rings. The van der Waals surface area contributed by atoms with Crippen LogP contribution in [0, 0.1) is 0 Å². The van der Waals surface area contributed by atoms with Gasteiger partial charge in [0.25, 0.3) is 0 Å². The van der Waals surface area contributed by atoms with Gasteiger partial charge in [0.1, 0.15) is 0 Å². The van der Waals surface area contributed by atoms with E-state index in [4.69, 9.17) is 0 Å². The van der Waals surface area contributed by atoms with Crippen LogP contribution >= 0.6 is 0 Å². The fourth-order valence-corrected chi connectivity index (χ4v) is 1.58. The molecule has 0 aromatic heterocycles. The predicted molar refractivity (Wildman–Crippen MR) is 82.9 cm³/mol. The largest absolute Gasteiger partial charge is 0.381 e. The lowest BCUT2D eigenvalue weighted by Gasteiger charge is -2.17. The Balaban J connectivity index is 0.000000226. The Hall–Kier alpha value is -1.50. The number of hydrogen-bond acceptors (Lipinski definition) is 1. The van der Waals surface area contributed by atoms with E-state index < -0.39 is 0 Å². The lowest BCUT2D eigenvalue weighted by molar-refractivity contribution is 1.04. The zero-order chi connectivity index (χ0) is 13.4. The molecule has 0 bridgehead atoms. The van der Waals surface area contributed by atoms with Crippen LogP contribution < -0.4 is 5.32 Å². The third-order valence-electron chi connectivity index (χ3n) is 2.88. The third-order valence-corrected chi connectivity index (χ3v) is 2.88.